The van der Waals surface area contributed by atoms with E-state index in [2.05, 4.69) is 34.5 Å². The van der Waals surface area contributed by atoms with Crippen molar-refractivity contribution in [2.24, 2.45) is 0 Å². The van der Waals surface area contributed by atoms with Crippen molar-refractivity contribution in [3.05, 3.63) is 102 Å². The van der Waals surface area contributed by atoms with Gasteiger partial charge in [0.15, 0.2) is 5.11 Å². The third-order valence-corrected chi connectivity index (χ3v) is 4.49. The van der Waals surface area contributed by atoms with Crippen LogP contribution < -0.4 is 5.32 Å². The predicted molar refractivity (Wildman–Crippen MR) is 110 cm³/mol. The lowest BCUT2D eigenvalue weighted by Crippen LogP contribution is -2.36. The highest BCUT2D eigenvalue weighted by atomic mass is 32.1. The number of halogens is 1. The molecule has 2 nitrogen and oxygen atoms in total. The average molecular weight is 364 g/mol. The molecule has 4 heteroatoms. The van der Waals surface area contributed by atoms with Gasteiger partial charge in [-0.1, -0.05) is 72.8 Å². The molecule has 0 fully saturated rings. The topological polar surface area (TPSA) is 15.3 Å². The number of hydrogen-bond donors (Lipinski definition) is 1. The van der Waals surface area contributed by atoms with E-state index in [1.807, 2.05) is 36.4 Å². The molecule has 0 atom stereocenters. The van der Waals surface area contributed by atoms with Gasteiger partial charge in [-0.25, -0.2) is 4.39 Å². The highest BCUT2D eigenvalue weighted by molar-refractivity contribution is 7.80. The molecule has 0 unspecified atom stereocenters. The van der Waals surface area contributed by atoms with Gasteiger partial charge in [0.05, 0.1) is 5.69 Å². The SMILES string of the molecule is Fc1ccccc1NC(=S)N(CCc1ccccc1)Cc1ccccc1. The Kier molecular flexibility index (Phi) is 6.34. The minimum atomic E-state index is -0.308. The molecule has 3 aromatic carbocycles. The number of nitrogens with one attached hydrogen (secondary N) is 1. The monoisotopic (exact) mass is 364 g/mol. The first-order valence-corrected chi connectivity index (χ1v) is 9.01. The Morgan fingerprint density at radius 1 is 0.808 bits per heavy atom. The molecular weight excluding hydrogens is 343 g/mol. The molecule has 1 N–H and O–H groups in total. The summed E-state index contributed by atoms with van der Waals surface area (Å²) in [5.41, 5.74) is 2.81. The molecule has 26 heavy (non-hydrogen) atoms. The van der Waals surface area contributed by atoms with Crippen molar-refractivity contribution < 1.29 is 4.39 Å². The standard InChI is InChI=1S/C22H21FN2S/c23-20-13-7-8-14-21(20)24-22(26)25(17-19-11-5-2-6-12-19)16-15-18-9-3-1-4-10-18/h1-14H,15-17H2,(H,24,26). The summed E-state index contributed by atoms with van der Waals surface area (Å²) in [7, 11) is 0. The van der Waals surface area contributed by atoms with Crippen molar-refractivity contribution in [1.29, 1.82) is 0 Å². The van der Waals surface area contributed by atoms with E-state index in [9.17, 15) is 4.39 Å². The number of hydrogen-bond acceptors (Lipinski definition) is 1. The lowest BCUT2D eigenvalue weighted by Gasteiger charge is -2.26. The zero-order valence-corrected chi connectivity index (χ0v) is 15.3. The molecule has 3 aromatic rings. The number of anilines is 1. The third-order valence-electron chi connectivity index (χ3n) is 4.13. The Morgan fingerprint density at radius 3 is 2.04 bits per heavy atom. The normalized spacial score (nSPS) is 10.3. The molecule has 0 aliphatic rings. The molecule has 0 aliphatic carbocycles. The summed E-state index contributed by atoms with van der Waals surface area (Å²) in [6, 6.07) is 27.0. The van der Waals surface area contributed by atoms with Gasteiger partial charge >= 0.3 is 0 Å². The first-order valence-electron chi connectivity index (χ1n) is 8.60. The van der Waals surface area contributed by atoms with Gasteiger partial charge in [0.1, 0.15) is 5.82 Å². The molecule has 0 heterocycles. The van der Waals surface area contributed by atoms with E-state index in [1.54, 1.807) is 18.2 Å². The zero-order chi connectivity index (χ0) is 18.2. The molecule has 0 bridgehead atoms. The van der Waals surface area contributed by atoms with Crippen LogP contribution in [0, 0.1) is 5.82 Å². The van der Waals surface area contributed by atoms with Crippen LogP contribution in [0.4, 0.5) is 10.1 Å². The van der Waals surface area contributed by atoms with Gasteiger partial charge in [-0.2, -0.15) is 0 Å². The smallest absolute Gasteiger partial charge is 0.173 e. The molecular formula is C22H21FN2S. The summed E-state index contributed by atoms with van der Waals surface area (Å²) >= 11 is 5.58. The van der Waals surface area contributed by atoms with Crippen LogP contribution in [0.15, 0.2) is 84.9 Å². The number of rotatable bonds is 6. The minimum Gasteiger partial charge on any atom is -0.344 e. The van der Waals surface area contributed by atoms with Crippen LogP contribution in [0.2, 0.25) is 0 Å². The highest BCUT2D eigenvalue weighted by Crippen LogP contribution is 2.15. The molecule has 0 radical (unpaired) electrons. The number of thiocarbonyl (C=S) groups is 1. The fourth-order valence-corrected chi connectivity index (χ4v) is 2.99. The van der Waals surface area contributed by atoms with Crippen LogP contribution in [-0.2, 0) is 13.0 Å². The van der Waals surface area contributed by atoms with E-state index in [1.165, 1.54) is 17.2 Å². The lowest BCUT2D eigenvalue weighted by molar-refractivity contribution is 0.423. The number of benzene rings is 3. The Hall–Kier alpha value is -2.72. The molecule has 0 aromatic heterocycles. The average Bonchev–Trinajstić information content (AvgIpc) is 2.68. The Labute approximate surface area is 159 Å². The van der Waals surface area contributed by atoms with E-state index in [4.69, 9.17) is 12.2 Å². The summed E-state index contributed by atoms with van der Waals surface area (Å²) < 4.78 is 14.0. The summed E-state index contributed by atoms with van der Waals surface area (Å²) in [5.74, 6) is -0.308. The molecule has 0 spiro atoms. The summed E-state index contributed by atoms with van der Waals surface area (Å²) in [4.78, 5) is 2.07. The van der Waals surface area contributed by atoms with Gasteiger partial charge < -0.3 is 10.2 Å². The van der Waals surface area contributed by atoms with Crippen molar-refractivity contribution in [1.82, 2.24) is 4.90 Å². The second-order valence-corrected chi connectivity index (χ2v) is 6.44. The van der Waals surface area contributed by atoms with Gasteiger partial charge in [0.25, 0.3) is 0 Å². The van der Waals surface area contributed by atoms with Gasteiger partial charge in [0.2, 0.25) is 0 Å². The predicted octanol–water partition coefficient (Wildman–Crippen LogP) is 5.27. The van der Waals surface area contributed by atoms with Crippen LogP contribution in [0.5, 0.6) is 0 Å². The van der Waals surface area contributed by atoms with Gasteiger partial charge in [-0.15, -0.1) is 0 Å². The van der Waals surface area contributed by atoms with Gasteiger partial charge in [0, 0.05) is 13.1 Å². The van der Waals surface area contributed by atoms with Gasteiger partial charge in [-0.3, -0.25) is 0 Å². The molecule has 0 amide bonds. The Bertz CT molecular complexity index is 837. The minimum absolute atomic E-state index is 0.308. The zero-order valence-electron chi connectivity index (χ0n) is 14.4. The van der Waals surface area contributed by atoms with Crippen molar-refractivity contribution in [3.8, 4) is 0 Å². The molecule has 0 saturated heterocycles. The largest absolute Gasteiger partial charge is 0.344 e. The van der Waals surface area contributed by atoms with E-state index in [-0.39, 0.29) is 5.82 Å². The van der Waals surface area contributed by atoms with Crippen LogP contribution in [0.1, 0.15) is 11.1 Å². The Balaban J connectivity index is 1.73. The maximum atomic E-state index is 14.0. The number of para-hydroxylation sites is 1. The number of nitrogens with zero attached hydrogens (tertiary/aromatic N) is 1. The van der Waals surface area contributed by atoms with Crippen LogP contribution in [0.25, 0.3) is 0 Å². The second kappa shape index (κ2) is 9.11. The van der Waals surface area contributed by atoms with E-state index in [0.29, 0.717) is 17.3 Å². The fraction of sp³-hybridized carbons (Fsp3) is 0.136. The molecule has 0 saturated carbocycles. The molecule has 3 rings (SSSR count). The van der Waals surface area contributed by atoms with Crippen LogP contribution in [0.3, 0.4) is 0 Å². The summed E-state index contributed by atoms with van der Waals surface area (Å²) in [5, 5.41) is 3.57. The maximum Gasteiger partial charge on any atom is 0.173 e. The van der Waals surface area contributed by atoms with Crippen LogP contribution in [-0.4, -0.2) is 16.6 Å². The van der Waals surface area contributed by atoms with Crippen molar-refractivity contribution in [2.45, 2.75) is 13.0 Å². The van der Waals surface area contributed by atoms with Crippen molar-refractivity contribution in [3.63, 3.8) is 0 Å². The van der Waals surface area contributed by atoms with Crippen LogP contribution >= 0.6 is 12.2 Å². The third kappa shape index (κ3) is 5.14. The fourth-order valence-electron chi connectivity index (χ4n) is 2.72. The summed E-state index contributed by atoms with van der Waals surface area (Å²) in [6.45, 7) is 1.42. The summed E-state index contributed by atoms with van der Waals surface area (Å²) in [6.07, 6.45) is 0.868. The highest BCUT2D eigenvalue weighted by Gasteiger charge is 2.12. The quantitative estimate of drug-likeness (QED) is 0.600. The maximum absolute atomic E-state index is 14.0. The van der Waals surface area contributed by atoms with Crippen molar-refractivity contribution in [2.75, 3.05) is 11.9 Å². The van der Waals surface area contributed by atoms with E-state index >= 15 is 0 Å². The molecule has 0 aliphatic heterocycles. The first kappa shape index (κ1) is 18.1. The van der Waals surface area contributed by atoms with Gasteiger partial charge in [-0.05, 0) is 41.9 Å². The first-order chi connectivity index (χ1) is 12.7. The Morgan fingerprint density at radius 2 is 1.38 bits per heavy atom. The van der Waals surface area contributed by atoms with E-state index < -0.39 is 0 Å². The second-order valence-electron chi connectivity index (χ2n) is 6.05. The molecule has 132 valence electrons. The van der Waals surface area contributed by atoms with E-state index in [0.717, 1.165) is 13.0 Å². The van der Waals surface area contributed by atoms with Crippen molar-refractivity contribution >= 4 is 23.0 Å². The lowest BCUT2D eigenvalue weighted by atomic mass is 10.1.